The van der Waals surface area contributed by atoms with E-state index in [0.717, 1.165) is 10.5 Å². The Morgan fingerprint density at radius 1 is 1.26 bits per heavy atom. The number of thioether (sulfide) groups is 1. The van der Waals surface area contributed by atoms with E-state index in [2.05, 4.69) is 10.3 Å². The van der Waals surface area contributed by atoms with Crippen LogP contribution in [-0.2, 0) is 11.3 Å². The van der Waals surface area contributed by atoms with Gasteiger partial charge in [-0.3, -0.25) is 9.78 Å². The second-order valence-electron chi connectivity index (χ2n) is 3.96. The Morgan fingerprint density at radius 2 is 2.05 bits per heavy atom. The minimum atomic E-state index is -0.00920. The lowest BCUT2D eigenvalue weighted by Gasteiger charge is -2.06. The molecule has 0 aliphatic heterocycles. The van der Waals surface area contributed by atoms with E-state index in [-0.39, 0.29) is 5.91 Å². The molecule has 0 spiro atoms. The summed E-state index contributed by atoms with van der Waals surface area (Å²) < 4.78 is 0. The van der Waals surface area contributed by atoms with Crippen LogP contribution >= 0.6 is 11.8 Å². The van der Waals surface area contributed by atoms with Crippen molar-refractivity contribution in [2.75, 3.05) is 11.5 Å². The largest absolute Gasteiger partial charge is 0.397 e. The molecule has 0 radical (unpaired) electrons. The number of rotatable bonds is 5. The summed E-state index contributed by atoms with van der Waals surface area (Å²) in [5, 5.41) is 2.87. The van der Waals surface area contributed by atoms with E-state index in [1.807, 2.05) is 36.4 Å². The summed E-state index contributed by atoms with van der Waals surface area (Å²) in [5.41, 5.74) is 7.44. The van der Waals surface area contributed by atoms with Gasteiger partial charge in [-0.2, -0.15) is 0 Å². The lowest BCUT2D eigenvalue weighted by molar-refractivity contribution is -0.118. The van der Waals surface area contributed by atoms with Crippen LogP contribution in [-0.4, -0.2) is 16.6 Å². The number of nitrogens with two attached hydrogens (primary N) is 1. The fourth-order valence-electron chi connectivity index (χ4n) is 1.52. The van der Waals surface area contributed by atoms with Gasteiger partial charge in [0.15, 0.2) is 0 Å². The van der Waals surface area contributed by atoms with E-state index >= 15 is 0 Å². The summed E-state index contributed by atoms with van der Waals surface area (Å²) >= 11 is 1.41. The maximum absolute atomic E-state index is 11.7. The van der Waals surface area contributed by atoms with Gasteiger partial charge in [-0.15, -0.1) is 11.8 Å². The van der Waals surface area contributed by atoms with Crippen LogP contribution in [0.4, 0.5) is 5.69 Å². The van der Waals surface area contributed by atoms with Gasteiger partial charge in [0, 0.05) is 17.6 Å². The number of hydrogen-bond acceptors (Lipinski definition) is 4. The molecule has 1 aromatic heterocycles. The fraction of sp³-hybridized carbons (Fsp3) is 0.143. The standard InChI is InChI=1S/C14H15N3OS/c15-12-9-16-7-6-13(12)19-10-14(18)17-8-11-4-2-1-3-5-11/h1-7,9H,8,10,15H2,(H,17,18). The number of nitrogens with zero attached hydrogens (tertiary/aromatic N) is 1. The van der Waals surface area contributed by atoms with Gasteiger partial charge < -0.3 is 11.1 Å². The zero-order valence-electron chi connectivity index (χ0n) is 10.4. The van der Waals surface area contributed by atoms with Crippen LogP contribution in [0.25, 0.3) is 0 Å². The highest BCUT2D eigenvalue weighted by molar-refractivity contribution is 8.00. The molecule has 3 N–H and O–H groups in total. The quantitative estimate of drug-likeness (QED) is 0.818. The molecular weight excluding hydrogens is 258 g/mol. The van der Waals surface area contributed by atoms with E-state index in [9.17, 15) is 4.79 Å². The van der Waals surface area contributed by atoms with Gasteiger partial charge in [-0.05, 0) is 11.6 Å². The molecule has 98 valence electrons. The summed E-state index contributed by atoms with van der Waals surface area (Å²) in [6.07, 6.45) is 3.25. The van der Waals surface area contributed by atoms with Crippen molar-refractivity contribution in [1.82, 2.24) is 10.3 Å². The second-order valence-corrected chi connectivity index (χ2v) is 4.98. The molecule has 2 rings (SSSR count). The Kier molecular flexibility index (Phi) is 4.80. The van der Waals surface area contributed by atoms with E-state index < -0.39 is 0 Å². The Balaban J connectivity index is 1.78. The van der Waals surface area contributed by atoms with Crippen LogP contribution in [0.1, 0.15) is 5.56 Å². The minimum Gasteiger partial charge on any atom is -0.397 e. The first-order valence-electron chi connectivity index (χ1n) is 5.88. The Morgan fingerprint density at radius 3 is 2.79 bits per heavy atom. The summed E-state index contributed by atoms with van der Waals surface area (Å²) in [7, 11) is 0. The molecule has 0 aliphatic rings. The predicted octanol–water partition coefficient (Wildman–Crippen LogP) is 2.07. The molecule has 0 atom stereocenters. The van der Waals surface area contributed by atoms with Gasteiger partial charge >= 0.3 is 0 Å². The normalized spacial score (nSPS) is 10.1. The molecule has 1 heterocycles. The van der Waals surface area contributed by atoms with Crippen LogP contribution in [0.3, 0.4) is 0 Å². The highest BCUT2D eigenvalue weighted by atomic mass is 32.2. The second kappa shape index (κ2) is 6.80. The molecule has 0 aliphatic carbocycles. The van der Waals surface area contributed by atoms with Crippen molar-refractivity contribution in [2.45, 2.75) is 11.4 Å². The van der Waals surface area contributed by atoms with Gasteiger partial charge in [0.1, 0.15) is 0 Å². The van der Waals surface area contributed by atoms with Gasteiger partial charge in [0.25, 0.3) is 0 Å². The molecular formula is C14H15N3OS. The number of benzene rings is 1. The molecule has 0 saturated heterocycles. The molecule has 0 fully saturated rings. The summed E-state index contributed by atoms with van der Waals surface area (Å²) in [6, 6.07) is 11.6. The van der Waals surface area contributed by atoms with E-state index in [4.69, 9.17) is 5.73 Å². The topological polar surface area (TPSA) is 68.0 Å². The number of amides is 1. The van der Waals surface area contributed by atoms with Crippen molar-refractivity contribution < 1.29 is 4.79 Å². The lowest BCUT2D eigenvalue weighted by Crippen LogP contribution is -2.24. The van der Waals surface area contributed by atoms with Crippen LogP contribution in [0.15, 0.2) is 53.7 Å². The average Bonchev–Trinajstić information content (AvgIpc) is 2.45. The number of nitrogens with one attached hydrogen (secondary N) is 1. The fourth-order valence-corrected chi connectivity index (χ4v) is 2.28. The zero-order valence-corrected chi connectivity index (χ0v) is 11.2. The number of aromatic nitrogens is 1. The van der Waals surface area contributed by atoms with Gasteiger partial charge in [-0.25, -0.2) is 0 Å². The van der Waals surface area contributed by atoms with Crippen LogP contribution in [0.5, 0.6) is 0 Å². The highest BCUT2D eigenvalue weighted by Crippen LogP contribution is 2.22. The summed E-state index contributed by atoms with van der Waals surface area (Å²) in [4.78, 5) is 16.5. The SMILES string of the molecule is Nc1cnccc1SCC(=O)NCc1ccccc1. The third kappa shape index (κ3) is 4.30. The first kappa shape index (κ1) is 13.4. The monoisotopic (exact) mass is 273 g/mol. The molecule has 1 amide bonds. The molecule has 19 heavy (non-hydrogen) atoms. The maximum atomic E-state index is 11.7. The molecule has 1 aromatic carbocycles. The first-order valence-corrected chi connectivity index (χ1v) is 6.87. The van der Waals surface area contributed by atoms with Crippen molar-refractivity contribution >= 4 is 23.4 Å². The third-order valence-electron chi connectivity index (χ3n) is 2.50. The van der Waals surface area contributed by atoms with Crippen molar-refractivity contribution in [3.8, 4) is 0 Å². The molecule has 5 heteroatoms. The van der Waals surface area contributed by atoms with Crippen molar-refractivity contribution in [3.05, 3.63) is 54.4 Å². The van der Waals surface area contributed by atoms with Crippen molar-refractivity contribution in [3.63, 3.8) is 0 Å². The maximum Gasteiger partial charge on any atom is 0.230 e. The van der Waals surface area contributed by atoms with Crippen LogP contribution < -0.4 is 11.1 Å². The van der Waals surface area contributed by atoms with Crippen LogP contribution in [0, 0.1) is 0 Å². The van der Waals surface area contributed by atoms with Gasteiger partial charge in [0.2, 0.25) is 5.91 Å². The summed E-state index contributed by atoms with van der Waals surface area (Å²) in [5.74, 6) is 0.339. The smallest absolute Gasteiger partial charge is 0.230 e. The number of hydrogen-bond donors (Lipinski definition) is 2. The Bertz CT molecular complexity index is 545. The molecule has 0 unspecified atom stereocenters. The van der Waals surface area contributed by atoms with Gasteiger partial charge in [-0.1, -0.05) is 30.3 Å². The number of nitrogen functional groups attached to an aromatic ring is 1. The van der Waals surface area contributed by atoms with Crippen molar-refractivity contribution in [1.29, 1.82) is 0 Å². The molecule has 4 nitrogen and oxygen atoms in total. The highest BCUT2D eigenvalue weighted by Gasteiger charge is 2.04. The summed E-state index contributed by atoms with van der Waals surface area (Å²) in [6.45, 7) is 0.548. The van der Waals surface area contributed by atoms with Crippen LogP contribution in [0.2, 0.25) is 0 Å². The van der Waals surface area contributed by atoms with Gasteiger partial charge in [0.05, 0.1) is 17.6 Å². The first-order chi connectivity index (χ1) is 9.25. The number of carbonyl (C=O) groups excluding carboxylic acids is 1. The van der Waals surface area contributed by atoms with E-state index in [1.54, 1.807) is 12.4 Å². The predicted molar refractivity (Wildman–Crippen MR) is 77.7 cm³/mol. The van der Waals surface area contributed by atoms with Crippen molar-refractivity contribution in [2.24, 2.45) is 0 Å². The lowest BCUT2D eigenvalue weighted by atomic mass is 10.2. The molecule has 0 saturated carbocycles. The third-order valence-corrected chi connectivity index (χ3v) is 3.59. The molecule has 0 bridgehead atoms. The number of carbonyl (C=O) groups is 1. The Hall–Kier alpha value is -2.01. The number of anilines is 1. The molecule has 2 aromatic rings. The average molecular weight is 273 g/mol. The van der Waals surface area contributed by atoms with E-state index in [1.165, 1.54) is 11.8 Å². The Labute approximate surface area is 116 Å². The minimum absolute atomic E-state index is 0.00920. The zero-order chi connectivity index (χ0) is 13.5. The number of pyridine rings is 1. The van der Waals surface area contributed by atoms with E-state index in [0.29, 0.717) is 18.0 Å².